The largest absolute Gasteiger partial charge is 0.494 e. The highest BCUT2D eigenvalue weighted by atomic mass is 16.5. The predicted molar refractivity (Wildman–Crippen MR) is 135 cm³/mol. The molecule has 0 amide bonds. The first kappa shape index (κ1) is 21.4. The summed E-state index contributed by atoms with van der Waals surface area (Å²) in [6, 6.07) is 22.8. The topological polar surface area (TPSA) is 40.9 Å². The second kappa shape index (κ2) is 8.83. The molecule has 0 radical (unpaired) electrons. The Labute approximate surface area is 195 Å². The Balaban J connectivity index is 1.35. The van der Waals surface area contributed by atoms with Crippen LogP contribution in [0.2, 0.25) is 0 Å². The Morgan fingerprint density at radius 1 is 1.00 bits per heavy atom. The van der Waals surface area contributed by atoms with Crippen molar-refractivity contribution in [2.75, 3.05) is 32.1 Å². The summed E-state index contributed by atoms with van der Waals surface area (Å²) >= 11 is 0. The number of fused-ring (bicyclic) bond motifs is 1. The molecule has 1 unspecified atom stereocenters. The lowest BCUT2D eigenvalue weighted by Crippen LogP contribution is -2.31. The van der Waals surface area contributed by atoms with Crippen LogP contribution in [0.25, 0.3) is 10.8 Å². The molecule has 5 nitrogen and oxygen atoms in total. The molecule has 1 aliphatic rings. The molecule has 1 aromatic heterocycles. The van der Waals surface area contributed by atoms with Gasteiger partial charge in [-0.25, -0.2) is 0 Å². The van der Waals surface area contributed by atoms with Crippen LogP contribution in [0.5, 0.6) is 17.4 Å². The van der Waals surface area contributed by atoms with E-state index in [1.165, 1.54) is 12.1 Å². The van der Waals surface area contributed by atoms with E-state index in [0.717, 1.165) is 46.5 Å². The fourth-order valence-electron chi connectivity index (χ4n) is 4.76. The summed E-state index contributed by atoms with van der Waals surface area (Å²) in [6.45, 7) is 4.80. The smallest absolute Gasteiger partial charge is 0.199 e. The number of ether oxygens (including phenoxy) is 1. The molecule has 33 heavy (non-hydrogen) atoms. The van der Waals surface area contributed by atoms with E-state index in [9.17, 15) is 5.11 Å². The number of rotatable bonds is 6. The maximum absolute atomic E-state index is 11.0. The molecule has 1 saturated heterocycles. The number of likely N-dealkylation sites (N-methyl/N-ethyl adjacent to an activating group) is 1. The van der Waals surface area contributed by atoms with Gasteiger partial charge < -0.3 is 24.2 Å². The zero-order valence-corrected chi connectivity index (χ0v) is 19.5. The van der Waals surface area contributed by atoms with Crippen LogP contribution in [0.4, 0.5) is 5.69 Å². The molecule has 0 saturated carbocycles. The maximum atomic E-state index is 11.0. The predicted octanol–water partition coefficient (Wildman–Crippen LogP) is 5.64. The minimum absolute atomic E-state index is 0.325. The zero-order chi connectivity index (χ0) is 22.9. The third-order valence-corrected chi connectivity index (χ3v) is 6.66. The van der Waals surface area contributed by atoms with Gasteiger partial charge >= 0.3 is 0 Å². The average molecular weight is 442 g/mol. The fourth-order valence-corrected chi connectivity index (χ4v) is 4.76. The minimum Gasteiger partial charge on any atom is -0.494 e. The summed E-state index contributed by atoms with van der Waals surface area (Å²) in [7, 11) is 4.31. The van der Waals surface area contributed by atoms with Gasteiger partial charge in [0, 0.05) is 41.8 Å². The van der Waals surface area contributed by atoms with Crippen molar-refractivity contribution in [1.82, 2.24) is 9.47 Å². The van der Waals surface area contributed by atoms with Crippen molar-refractivity contribution in [1.29, 1.82) is 0 Å². The van der Waals surface area contributed by atoms with Crippen molar-refractivity contribution in [2.24, 2.45) is 0 Å². The third kappa shape index (κ3) is 4.41. The van der Waals surface area contributed by atoms with E-state index >= 15 is 0 Å². The number of aromatic hydroxyl groups is 1. The molecule has 3 aromatic carbocycles. The Hall–Kier alpha value is -3.44. The number of benzene rings is 3. The molecule has 1 N–H and O–H groups in total. The molecule has 1 atom stereocenters. The number of anilines is 1. The molecule has 5 heteroatoms. The van der Waals surface area contributed by atoms with Crippen molar-refractivity contribution in [2.45, 2.75) is 25.9 Å². The molecule has 2 heterocycles. The molecular weight excluding hydrogens is 410 g/mol. The first-order chi connectivity index (χ1) is 16.0. The first-order valence-electron chi connectivity index (χ1n) is 11.5. The van der Waals surface area contributed by atoms with Crippen LogP contribution in [0, 0.1) is 6.92 Å². The molecule has 4 aromatic rings. The maximum Gasteiger partial charge on any atom is 0.199 e. The molecule has 0 spiro atoms. The highest BCUT2D eigenvalue weighted by Gasteiger charge is 2.25. The highest BCUT2D eigenvalue weighted by molar-refractivity contribution is 5.93. The number of aryl methyl sites for hydroxylation is 1. The Kier molecular flexibility index (Phi) is 5.73. The van der Waals surface area contributed by atoms with Gasteiger partial charge in [0.05, 0.1) is 6.54 Å². The van der Waals surface area contributed by atoms with E-state index in [2.05, 4.69) is 49.1 Å². The number of hydrogen-bond acceptors (Lipinski definition) is 4. The Bertz CT molecular complexity index is 1250. The Morgan fingerprint density at radius 2 is 1.73 bits per heavy atom. The summed E-state index contributed by atoms with van der Waals surface area (Å²) in [5.74, 6) is 1.95. The van der Waals surface area contributed by atoms with Gasteiger partial charge in [-0.05, 0) is 75.0 Å². The van der Waals surface area contributed by atoms with Crippen LogP contribution in [-0.2, 0) is 6.54 Å². The quantitative estimate of drug-likeness (QED) is 0.421. The van der Waals surface area contributed by atoms with Crippen molar-refractivity contribution < 1.29 is 9.84 Å². The summed E-state index contributed by atoms with van der Waals surface area (Å²) in [4.78, 5) is 4.76. The van der Waals surface area contributed by atoms with E-state index in [-0.39, 0.29) is 0 Å². The van der Waals surface area contributed by atoms with Crippen LogP contribution in [0.15, 0.2) is 72.9 Å². The lowest BCUT2D eigenvalue weighted by Gasteiger charge is -2.22. The fraction of sp³-hybridized carbons (Fsp3) is 0.286. The highest BCUT2D eigenvalue weighted by Crippen LogP contribution is 2.35. The standard InChI is InChI=1S/C28H31N3O2/c1-20-15-24(30-14-13-23(19-30)29(2)3)16-22-18-31(28(32)27(20)22)17-21-9-11-26(12-10-21)33-25-7-5-4-6-8-25/h4-12,15-16,18,23,32H,13-14,17,19H2,1-3H3. The monoisotopic (exact) mass is 441 g/mol. The summed E-state index contributed by atoms with van der Waals surface area (Å²) < 4.78 is 7.82. The number of para-hydroxylation sites is 1. The van der Waals surface area contributed by atoms with Gasteiger partial charge in [-0.1, -0.05) is 30.3 Å². The van der Waals surface area contributed by atoms with Crippen LogP contribution >= 0.6 is 0 Å². The zero-order valence-electron chi connectivity index (χ0n) is 19.5. The lowest BCUT2D eigenvalue weighted by molar-refractivity contribution is 0.315. The van der Waals surface area contributed by atoms with Gasteiger partial charge in [-0.3, -0.25) is 0 Å². The number of nitrogens with zero attached hydrogens (tertiary/aromatic N) is 3. The molecular formula is C28H31N3O2. The van der Waals surface area contributed by atoms with Gasteiger partial charge in [0.1, 0.15) is 11.5 Å². The number of aromatic nitrogens is 1. The van der Waals surface area contributed by atoms with Gasteiger partial charge in [-0.15, -0.1) is 0 Å². The molecule has 1 aliphatic heterocycles. The average Bonchev–Trinajstić information content (AvgIpc) is 3.42. The number of hydrogen-bond donors (Lipinski definition) is 1. The minimum atomic E-state index is 0.325. The van der Waals surface area contributed by atoms with Crippen molar-refractivity contribution in [3.05, 3.63) is 84.1 Å². The van der Waals surface area contributed by atoms with Crippen molar-refractivity contribution in [3.8, 4) is 17.4 Å². The van der Waals surface area contributed by atoms with Gasteiger partial charge in [0.2, 0.25) is 0 Å². The van der Waals surface area contributed by atoms with E-state index in [1.807, 2.05) is 59.2 Å². The summed E-state index contributed by atoms with van der Waals surface area (Å²) in [5, 5.41) is 13.0. The second-order valence-electron chi connectivity index (χ2n) is 9.22. The second-order valence-corrected chi connectivity index (χ2v) is 9.22. The Morgan fingerprint density at radius 3 is 2.42 bits per heavy atom. The van der Waals surface area contributed by atoms with Crippen LogP contribution < -0.4 is 9.64 Å². The summed E-state index contributed by atoms with van der Waals surface area (Å²) in [5.41, 5.74) is 3.46. The summed E-state index contributed by atoms with van der Waals surface area (Å²) in [6.07, 6.45) is 3.25. The van der Waals surface area contributed by atoms with Gasteiger partial charge in [0.15, 0.2) is 5.88 Å². The molecule has 1 fully saturated rings. The normalized spacial score (nSPS) is 16.1. The first-order valence-corrected chi connectivity index (χ1v) is 11.5. The molecule has 0 aliphatic carbocycles. The molecule has 5 rings (SSSR count). The van der Waals surface area contributed by atoms with Gasteiger partial charge in [-0.2, -0.15) is 0 Å². The van der Waals surface area contributed by atoms with Crippen LogP contribution in [0.3, 0.4) is 0 Å². The molecule has 170 valence electrons. The third-order valence-electron chi connectivity index (χ3n) is 6.66. The van der Waals surface area contributed by atoms with Crippen LogP contribution in [0.1, 0.15) is 17.5 Å². The van der Waals surface area contributed by atoms with Gasteiger partial charge in [0.25, 0.3) is 0 Å². The van der Waals surface area contributed by atoms with Crippen molar-refractivity contribution in [3.63, 3.8) is 0 Å². The van der Waals surface area contributed by atoms with Crippen molar-refractivity contribution >= 4 is 16.5 Å². The molecule has 0 bridgehead atoms. The van der Waals surface area contributed by atoms with E-state index in [1.54, 1.807) is 0 Å². The SMILES string of the molecule is Cc1cc(N2CCC(N(C)C)C2)cc2cn(Cc3ccc(Oc4ccccc4)cc3)c(O)c12. The van der Waals surface area contributed by atoms with E-state index in [4.69, 9.17) is 4.74 Å². The lowest BCUT2D eigenvalue weighted by atomic mass is 10.1. The van der Waals surface area contributed by atoms with E-state index in [0.29, 0.717) is 18.5 Å². The van der Waals surface area contributed by atoms with E-state index < -0.39 is 0 Å². The van der Waals surface area contributed by atoms with Crippen LogP contribution in [-0.4, -0.2) is 47.8 Å².